The van der Waals surface area contributed by atoms with Gasteiger partial charge in [0, 0.05) is 28.3 Å². The first-order valence-electron chi connectivity index (χ1n) is 4.88. The lowest BCUT2D eigenvalue weighted by atomic mass is 10.0. The summed E-state index contributed by atoms with van der Waals surface area (Å²) < 4.78 is 0. The Balaban J connectivity index is 3.03. The molecule has 4 N–H and O–H groups in total. The van der Waals surface area contributed by atoms with E-state index < -0.39 is 17.1 Å². The van der Waals surface area contributed by atoms with Crippen molar-refractivity contribution in [1.29, 1.82) is 0 Å². The summed E-state index contributed by atoms with van der Waals surface area (Å²) in [6.07, 6.45) is -2.85. The first-order valence-corrected chi connectivity index (χ1v) is 4.88. The van der Waals surface area contributed by atoms with E-state index in [0.29, 0.717) is 0 Å². The van der Waals surface area contributed by atoms with Crippen molar-refractivity contribution in [3.05, 3.63) is 44.3 Å². The molecule has 0 radical (unpaired) electrons. The number of non-ortho nitro benzene ring substituents is 1. The molecule has 1 aromatic carbocycles. The van der Waals surface area contributed by atoms with Gasteiger partial charge in [-0.1, -0.05) is 5.11 Å². The fourth-order valence-electron chi connectivity index (χ4n) is 1.36. The van der Waals surface area contributed by atoms with Gasteiger partial charge in [-0.25, -0.2) is 0 Å². The first kappa shape index (κ1) is 13.7. The molecule has 2 atom stereocenters. The molecular weight excluding hydrogens is 242 g/mol. The number of nitro groups is 1. The van der Waals surface area contributed by atoms with Crippen LogP contribution in [0.25, 0.3) is 10.4 Å². The Bertz CT molecular complexity index is 500. The second kappa shape index (κ2) is 5.82. The van der Waals surface area contributed by atoms with Gasteiger partial charge in [0.15, 0.2) is 0 Å². The Morgan fingerprint density at radius 3 is 2.78 bits per heavy atom. The van der Waals surface area contributed by atoms with Gasteiger partial charge in [0.25, 0.3) is 5.69 Å². The Labute approximate surface area is 101 Å². The molecular formula is C9H11N5O4. The van der Waals surface area contributed by atoms with Crippen LogP contribution in [-0.2, 0) is 0 Å². The number of nitrogens with zero attached hydrogens (tertiary/aromatic N) is 4. The van der Waals surface area contributed by atoms with Crippen LogP contribution in [0.4, 0.5) is 11.4 Å². The summed E-state index contributed by atoms with van der Waals surface area (Å²) in [4.78, 5) is 12.4. The molecule has 1 aromatic rings. The molecule has 2 unspecified atom stereocenters. The molecule has 0 aromatic heterocycles. The van der Waals surface area contributed by atoms with E-state index >= 15 is 0 Å². The van der Waals surface area contributed by atoms with Crippen LogP contribution in [-0.4, -0.2) is 27.8 Å². The number of nitro benzene ring substituents is 1. The van der Waals surface area contributed by atoms with Gasteiger partial charge in [0.2, 0.25) is 0 Å². The van der Waals surface area contributed by atoms with Gasteiger partial charge in [-0.2, -0.15) is 0 Å². The lowest BCUT2D eigenvalue weighted by molar-refractivity contribution is -0.385. The van der Waals surface area contributed by atoms with Gasteiger partial charge < -0.3 is 15.9 Å². The lowest BCUT2D eigenvalue weighted by Crippen LogP contribution is -2.22. The van der Waals surface area contributed by atoms with Crippen molar-refractivity contribution in [2.75, 3.05) is 12.3 Å². The van der Waals surface area contributed by atoms with Crippen LogP contribution >= 0.6 is 0 Å². The largest absolute Gasteiger partial charge is 0.398 e. The summed E-state index contributed by atoms with van der Waals surface area (Å²) >= 11 is 0. The molecule has 0 heterocycles. The SMILES string of the molecule is [N-]=[N+]=NCC(O)C(O)c1cc([N+](=O)[O-])ccc1N. The van der Waals surface area contributed by atoms with Gasteiger partial charge in [0.05, 0.1) is 17.6 Å². The third-order valence-corrected chi connectivity index (χ3v) is 2.30. The van der Waals surface area contributed by atoms with E-state index in [-0.39, 0.29) is 23.5 Å². The minimum atomic E-state index is -1.46. The fourth-order valence-corrected chi connectivity index (χ4v) is 1.36. The van der Waals surface area contributed by atoms with Crippen molar-refractivity contribution in [2.24, 2.45) is 5.11 Å². The van der Waals surface area contributed by atoms with Crippen LogP contribution in [0.15, 0.2) is 23.3 Å². The normalized spacial score (nSPS) is 13.4. The zero-order valence-corrected chi connectivity index (χ0v) is 9.17. The number of anilines is 1. The number of hydrogen-bond donors (Lipinski definition) is 3. The minimum absolute atomic E-state index is 0.0184. The molecule has 9 nitrogen and oxygen atoms in total. The predicted molar refractivity (Wildman–Crippen MR) is 62.5 cm³/mol. The molecule has 0 aliphatic rings. The molecule has 9 heteroatoms. The van der Waals surface area contributed by atoms with Crippen LogP contribution in [0.1, 0.15) is 11.7 Å². The Morgan fingerprint density at radius 2 is 2.22 bits per heavy atom. The van der Waals surface area contributed by atoms with Crippen LogP contribution < -0.4 is 5.73 Å². The fraction of sp³-hybridized carbons (Fsp3) is 0.333. The molecule has 1 rings (SSSR count). The third-order valence-electron chi connectivity index (χ3n) is 2.30. The van der Waals surface area contributed by atoms with Gasteiger partial charge in [-0.05, 0) is 11.6 Å². The highest BCUT2D eigenvalue weighted by Crippen LogP contribution is 2.27. The van der Waals surface area contributed by atoms with Gasteiger partial charge >= 0.3 is 0 Å². The Morgan fingerprint density at radius 1 is 1.56 bits per heavy atom. The summed E-state index contributed by atoms with van der Waals surface area (Å²) in [5.41, 5.74) is 13.5. The molecule has 0 aliphatic heterocycles. The maximum Gasteiger partial charge on any atom is 0.269 e. The average Bonchev–Trinajstić information content (AvgIpc) is 2.35. The van der Waals surface area contributed by atoms with Crippen molar-refractivity contribution in [3.8, 4) is 0 Å². The molecule has 0 spiro atoms. The summed E-state index contributed by atoms with van der Waals surface area (Å²) in [7, 11) is 0. The smallest absolute Gasteiger partial charge is 0.269 e. The zero-order valence-electron chi connectivity index (χ0n) is 9.17. The van der Waals surface area contributed by atoms with Gasteiger partial charge in [0.1, 0.15) is 6.10 Å². The van der Waals surface area contributed by atoms with E-state index in [2.05, 4.69) is 10.0 Å². The van der Waals surface area contributed by atoms with Crippen molar-refractivity contribution in [3.63, 3.8) is 0 Å². The van der Waals surface area contributed by atoms with E-state index in [1.807, 2.05) is 0 Å². The highest BCUT2D eigenvalue weighted by atomic mass is 16.6. The number of azide groups is 1. The molecule has 0 saturated carbocycles. The van der Waals surface area contributed by atoms with E-state index in [0.717, 1.165) is 6.07 Å². The Kier molecular flexibility index (Phi) is 4.44. The number of aliphatic hydroxyl groups excluding tert-OH is 2. The summed E-state index contributed by atoms with van der Waals surface area (Å²) in [6.45, 7) is -0.361. The van der Waals surface area contributed by atoms with Gasteiger partial charge in [-0.15, -0.1) is 0 Å². The zero-order chi connectivity index (χ0) is 13.7. The highest BCUT2D eigenvalue weighted by Gasteiger charge is 2.22. The van der Waals surface area contributed by atoms with E-state index in [4.69, 9.17) is 11.3 Å². The summed E-state index contributed by atoms with van der Waals surface area (Å²) in [6, 6.07) is 3.52. The first-order chi connectivity index (χ1) is 8.47. The second-order valence-corrected chi connectivity index (χ2v) is 3.50. The van der Waals surface area contributed by atoms with Crippen molar-refractivity contribution >= 4 is 11.4 Å². The number of benzene rings is 1. The number of nitrogen functional groups attached to an aromatic ring is 1. The maximum atomic E-state index is 10.6. The lowest BCUT2D eigenvalue weighted by Gasteiger charge is -2.17. The third kappa shape index (κ3) is 3.08. The molecule has 96 valence electrons. The minimum Gasteiger partial charge on any atom is -0.398 e. The highest BCUT2D eigenvalue weighted by molar-refractivity contribution is 5.54. The number of aliphatic hydroxyl groups is 2. The summed E-state index contributed by atoms with van der Waals surface area (Å²) in [5, 5.41) is 33.0. The Hall–Kier alpha value is -2.35. The molecule has 0 amide bonds. The van der Waals surface area contributed by atoms with Crippen molar-refractivity contribution in [1.82, 2.24) is 0 Å². The van der Waals surface area contributed by atoms with Crippen LogP contribution in [0, 0.1) is 10.1 Å². The standard InChI is InChI=1S/C9H11N5O4/c10-7-2-1-5(14(17)18)3-6(7)9(16)8(15)4-12-13-11/h1-3,8-9,15-16H,4,10H2. The number of hydrogen-bond acceptors (Lipinski definition) is 6. The molecule has 0 fully saturated rings. The van der Waals surface area contributed by atoms with Crippen molar-refractivity contribution in [2.45, 2.75) is 12.2 Å². The van der Waals surface area contributed by atoms with E-state index in [1.54, 1.807) is 0 Å². The molecule has 0 bridgehead atoms. The van der Waals surface area contributed by atoms with Crippen molar-refractivity contribution < 1.29 is 15.1 Å². The number of rotatable bonds is 5. The average molecular weight is 253 g/mol. The van der Waals surface area contributed by atoms with E-state index in [9.17, 15) is 20.3 Å². The molecule has 0 aliphatic carbocycles. The second-order valence-electron chi connectivity index (χ2n) is 3.50. The number of nitrogens with two attached hydrogens (primary N) is 1. The topological polar surface area (TPSA) is 158 Å². The quantitative estimate of drug-likeness (QED) is 0.177. The van der Waals surface area contributed by atoms with Crippen LogP contribution in [0.5, 0.6) is 0 Å². The maximum absolute atomic E-state index is 10.6. The molecule has 18 heavy (non-hydrogen) atoms. The molecule has 0 saturated heterocycles. The van der Waals surface area contributed by atoms with Gasteiger partial charge in [-0.3, -0.25) is 10.1 Å². The van der Waals surface area contributed by atoms with Crippen LogP contribution in [0.3, 0.4) is 0 Å². The van der Waals surface area contributed by atoms with E-state index in [1.165, 1.54) is 12.1 Å². The predicted octanol–water partition coefficient (Wildman–Crippen LogP) is 0.882. The summed E-state index contributed by atoms with van der Waals surface area (Å²) in [5.74, 6) is 0. The monoisotopic (exact) mass is 253 g/mol. The van der Waals surface area contributed by atoms with Crippen LogP contribution in [0.2, 0.25) is 0 Å².